The minimum Gasteiger partial charge on any atom is -0.376 e. The molecule has 0 aromatic heterocycles. The van der Waals surface area contributed by atoms with Crippen molar-refractivity contribution in [1.82, 2.24) is 5.32 Å². The van der Waals surface area contributed by atoms with E-state index >= 15 is 0 Å². The quantitative estimate of drug-likeness (QED) is 0.798. The van der Waals surface area contributed by atoms with Gasteiger partial charge in [-0.2, -0.15) is 0 Å². The molecule has 3 nitrogen and oxygen atoms in total. The van der Waals surface area contributed by atoms with E-state index in [1.54, 1.807) is 0 Å². The Balaban J connectivity index is 1.64. The Kier molecular flexibility index (Phi) is 5.07. The third-order valence-corrected chi connectivity index (χ3v) is 3.83. The average molecular weight is 227 g/mol. The van der Waals surface area contributed by atoms with E-state index in [9.17, 15) is 0 Å². The fourth-order valence-electron chi connectivity index (χ4n) is 2.74. The SMILES string of the molecule is CNC1CCCC(OCC2CCCCO2)C1. The monoisotopic (exact) mass is 227 g/mol. The van der Waals surface area contributed by atoms with Crippen LogP contribution in [0.1, 0.15) is 44.9 Å². The molecule has 3 unspecified atom stereocenters. The van der Waals surface area contributed by atoms with Gasteiger partial charge in [-0.05, 0) is 52.0 Å². The van der Waals surface area contributed by atoms with Gasteiger partial charge < -0.3 is 14.8 Å². The van der Waals surface area contributed by atoms with Crippen molar-refractivity contribution < 1.29 is 9.47 Å². The highest BCUT2D eigenvalue weighted by Crippen LogP contribution is 2.22. The Hall–Kier alpha value is -0.120. The third kappa shape index (κ3) is 3.72. The smallest absolute Gasteiger partial charge is 0.0808 e. The first-order chi connectivity index (χ1) is 7.88. The molecule has 1 saturated heterocycles. The molecular formula is C13H25NO2. The van der Waals surface area contributed by atoms with E-state index in [4.69, 9.17) is 9.47 Å². The molecule has 0 spiro atoms. The van der Waals surface area contributed by atoms with Gasteiger partial charge in [0.2, 0.25) is 0 Å². The Labute approximate surface area is 98.9 Å². The first kappa shape index (κ1) is 12.3. The molecule has 16 heavy (non-hydrogen) atoms. The second kappa shape index (κ2) is 6.58. The summed E-state index contributed by atoms with van der Waals surface area (Å²) in [7, 11) is 2.05. The maximum Gasteiger partial charge on any atom is 0.0808 e. The van der Waals surface area contributed by atoms with Crippen LogP contribution in [0.3, 0.4) is 0 Å². The van der Waals surface area contributed by atoms with Gasteiger partial charge in [0, 0.05) is 12.6 Å². The van der Waals surface area contributed by atoms with E-state index in [2.05, 4.69) is 12.4 Å². The molecule has 1 N–H and O–H groups in total. The zero-order valence-electron chi connectivity index (χ0n) is 10.4. The fourth-order valence-corrected chi connectivity index (χ4v) is 2.74. The fraction of sp³-hybridized carbons (Fsp3) is 1.00. The normalized spacial score (nSPS) is 36.2. The Morgan fingerprint density at radius 1 is 1.19 bits per heavy atom. The van der Waals surface area contributed by atoms with Crippen LogP contribution in [0.2, 0.25) is 0 Å². The molecule has 0 bridgehead atoms. The molecule has 0 radical (unpaired) electrons. The maximum absolute atomic E-state index is 5.99. The molecule has 3 heteroatoms. The van der Waals surface area contributed by atoms with Crippen molar-refractivity contribution in [3.05, 3.63) is 0 Å². The molecule has 3 atom stereocenters. The summed E-state index contributed by atoms with van der Waals surface area (Å²) in [5.74, 6) is 0. The average Bonchev–Trinajstić information content (AvgIpc) is 2.38. The summed E-state index contributed by atoms with van der Waals surface area (Å²) in [5.41, 5.74) is 0. The van der Waals surface area contributed by atoms with Gasteiger partial charge in [-0.1, -0.05) is 0 Å². The molecule has 2 rings (SSSR count). The molecule has 1 heterocycles. The van der Waals surface area contributed by atoms with Gasteiger partial charge in [0.05, 0.1) is 18.8 Å². The van der Waals surface area contributed by atoms with Gasteiger partial charge in [0.25, 0.3) is 0 Å². The molecule has 1 aliphatic heterocycles. The Morgan fingerprint density at radius 3 is 2.88 bits per heavy atom. The number of rotatable bonds is 4. The topological polar surface area (TPSA) is 30.5 Å². The minimum absolute atomic E-state index is 0.365. The summed E-state index contributed by atoms with van der Waals surface area (Å²) in [6, 6.07) is 0.658. The number of hydrogen-bond acceptors (Lipinski definition) is 3. The van der Waals surface area contributed by atoms with E-state index in [0.717, 1.165) is 13.2 Å². The van der Waals surface area contributed by atoms with Crippen LogP contribution in [-0.4, -0.2) is 38.5 Å². The van der Waals surface area contributed by atoms with Crippen LogP contribution < -0.4 is 5.32 Å². The molecule has 2 fully saturated rings. The minimum atomic E-state index is 0.365. The molecule has 0 aromatic carbocycles. The summed E-state index contributed by atoms with van der Waals surface area (Å²) >= 11 is 0. The first-order valence-corrected chi connectivity index (χ1v) is 6.79. The predicted octanol–water partition coefficient (Wildman–Crippen LogP) is 2.10. The van der Waals surface area contributed by atoms with Gasteiger partial charge in [0.15, 0.2) is 0 Å². The number of ether oxygens (including phenoxy) is 2. The van der Waals surface area contributed by atoms with E-state index in [1.165, 1.54) is 44.9 Å². The van der Waals surface area contributed by atoms with Gasteiger partial charge in [0.1, 0.15) is 0 Å². The molecule has 0 aromatic rings. The van der Waals surface area contributed by atoms with Crippen molar-refractivity contribution >= 4 is 0 Å². The molecule has 1 aliphatic carbocycles. The highest BCUT2D eigenvalue weighted by atomic mass is 16.5. The zero-order chi connectivity index (χ0) is 11.2. The van der Waals surface area contributed by atoms with Crippen molar-refractivity contribution in [3.63, 3.8) is 0 Å². The third-order valence-electron chi connectivity index (χ3n) is 3.83. The van der Waals surface area contributed by atoms with Crippen molar-refractivity contribution in [3.8, 4) is 0 Å². The van der Waals surface area contributed by atoms with Crippen LogP contribution in [0.15, 0.2) is 0 Å². The van der Waals surface area contributed by atoms with Crippen LogP contribution in [0.25, 0.3) is 0 Å². The lowest BCUT2D eigenvalue weighted by Gasteiger charge is -2.31. The predicted molar refractivity (Wildman–Crippen MR) is 64.6 cm³/mol. The van der Waals surface area contributed by atoms with Crippen LogP contribution in [-0.2, 0) is 9.47 Å². The first-order valence-electron chi connectivity index (χ1n) is 6.79. The van der Waals surface area contributed by atoms with Crippen LogP contribution in [0, 0.1) is 0 Å². The second-order valence-electron chi connectivity index (χ2n) is 5.10. The molecular weight excluding hydrogens is 202 g/mol. The van der Waals surface area contributed by atoms with Crippen LogP contribution >= 0.6 is 0 Å². The van der Waals surface area contributed by atoms with Crippen LogP contribution in [0.4, 0.5) is 0 Å². The van der Waals surface area contributed by atoms with Crippen molar-refractivity contribution in [1.29, 1.82) is 0 Å². The van der Waals surface area contributed by atoms with Crippen molar-refractivity contribution in [2.75, 3.05) is 20.3 Å². The van der Waals surface area contributed by atoms with Crippen molar-refractivity contribution in [2.24, 2.45) is 0 Å². The zero-order valence-corrected chi connectivity index (χ0v) is 10.4. The molecule has 1 saturated carbocycles. The van der Waals surface area contributed by atoms with Gasteiger partial charge in [-0.3, -0.25) is 0 Å². The lowest BCUT2D eigenvalue weighted by Crippen LogP contribution is -2.36. The Morgan fingerprint density at radius 2 is 2.12 bits per heavy atom. The standard InChI is InChI=1S/C13H25NO2/c1-14-11-5-4-7-12(9-11)16-10-13-6-2-3-8-15-13/h11-14H,2-10H2,1H3. The summed E-state index contributed by atoms with van der Waals surface area (Å²) in [4.78, 5) is 0. The maximum atomic E-state index is 5.99. The highest BCUT2D eigenvalue weighted by Gasteiger charge is 2.23. The van der Waals surface area contributed by atoms with Crippen LogP contribution in [0.5, 0.6) is 0 Å². The van der Waals surface area contributed by atoms with E-state index in [1.807, 2.05) is 0 Å². The lowest BCUT2D eigenvalue weighted by molar-refractivity contribution is -0.0720. The molecule has 2 aliphatic rings. The molecule has 0 amide bonds. The summed E-state index contributed by atoms with van der Waals surface area (Å²) in [6.45, 7) is 1.74. The second-order valence-corrected chi connectivity index (χ2v) is 5.10. The Bertz CT molecular complexity index is 192. The van der Waals surface area contributed by atoms with Gasteiger partial charge in [-0.25, -0.2) is 0 Å². The van der Waals surface area contributed by atoms with Gasteiger partial charge in [-0.15, -0.1) is 0 Å². The summed E-state index contributed by atoms with van der Waals surface area (Å²) in [5, 5.41) is 3.36. The largest absolute Gasteiger partial charge is 0.376 e. The number of nitrogens with one attached hydrogen (secondary N) is 1. The van der Waals surface area contributed by atoms with Gasteiger partial charge >= 0.3 is 0 Å². The van der Waals surface area contributed by atoms with E-state index < -0.39 is 0 Å². The highest BCUT2D eigenvalue weighted by molar-refractivity contribution is 4.77. The van der Waals surface area contributed by atoms with E-state index in [0.29, 0.717) is 18.2 Å². The summed E-state index contributed by atoms with van der Waals surface area (Å²) < 4.78 is 11.7. The number of hydrogen-bond donors (Lipinski definition) is 1. The lowest BCUT2D eigenvalue weighted by atomic mass is 9.93. The van der Waals surface area contributed by atoms with E-state index in [-0.39, 0.29) is 0 Å². The molecule has 94 valence electrons. The summed E-state index contributed by atoms with van der Waals surface area (Å²) in [6.07, 6.45) is 9.52. The van der Waals surface area contributed by atoms with Crippen molar-refractivity contribution in [2.45, 2.75) is 63.2 Å².